The lowest BCUT2D eigenvalue weighted by molar-refractivity contribution is 0.524. The number of rotatable bonds is 8. The van der Waals surface area contributed by atoms with Crippen molar-refractivity contribution in [2.24, 2.45) is 0 Å². The Morgan fingerprint density at radius 1 is 1.33 bits per heavy atom. The molecule has 0 aliphatic carbocycles. The number of fused-ring (bicyclic) bond motifs is 1. The van der Waals surface area contributed by atoms with Crippen LogP contribution in [0.25, 0.3) is 11.0 Å². The van der Waals surface area contributed by atoms with Crippen molar-refractivity contribution in [3.05, 3.63) is 35.6 Å². The van der Waals surface area contributed by atoms with Crippen molar-refractivity contribution in [1.29, 1.82) is 0 Å². The number of aryl methyl sites for hydroxylation is 1. The van der Waals surface area contributed by atoms with E-state index in [-0.39, 0.29) is 5.25 Å². The number of unbranched alkanes of at least 4 members (excludes halogenated alkanes) is 1. The lowest BCUT2D eigenvalue weighted by Crippen LogP contribution is -2.27. The summed E-state index contributed by atoms with van der Waals surface area (Å²) in [5, 5.41) is 4.79. The fraction of sp³-hybridized carbons (Fsp3) is 0.529. The van der Waals surface area contributed by atoms with Gasteiger partial charge in [0.25, 0.3) is 0 Å². The molecule has 0 spiro atoms. The predicted octanol–water partition coefficient (Wildman–Crippen LogP) is 3.63. The molecule has 0 bridgehead atoms. The first-order valence-corrected chi connectivity index (χ1v) is 9.27. The van der Waals surface area contributed by atoms with Crippen LogP contribution < -0.4 is 5.32 Å². The largest absolute Gasteiger partial charge is 0.461 e. The Morgan fingerprint density at radius 2 is 2.10 bits per heavy atom. The molecule has 2 rings (SSSR count). The number of benzene rings is 1. The van der Waals surface area contributed by atoms with Gasteiger partial charge in [-0.1, -0.05) is 31.5 Å². The molecule has 21 heavy (non-hydrogen) atoms. The van der Waals surface area contributed by atoms with E-state index in [2.05, 4.69) is 24.4 Å². The number of hydrogen-bond donors (Lipinski definition) is 1. The molecule has 2 atom stereocenters. The van der Waals surface area contributed by atoms with Crippen LogP contribution in [0.1, 0.15) is 38.0 Å². The maximum Gasteiger partial charge on any atom is 0.134 e. The van der Waals surface area contributed by atoms with Gasteiger partial charge in [0, 0.05) is 52.8 Å². The molecule has 1 aromatic heterocycles. The van der Waals surface area contributed by atoms with Crippen LogP contribution in [0, 0.1) is 0 Å². The van der Waals surface area contributed by atoms with Crippen LogP contribution >= 0.6 is 0 Å². The summed E-state index contributed by atoms with van der Waals surface area (Å²) in [6.45, 7) is 5.74. The van der Waals surface area contributed by atoms with E-state index >= 15 is 0 Å². The monoisotopic (exact) mass is 307 g/mol. The number of hydrogen-bond acceptors (Lipinski definition) is 3. The Bertz CT molecular complexity index is 606. The number of para-hydroxylation sites is 1. The molecule has 0 radical (unpaired) electrons. The zero-order valence-corrected chi connectivity index (χ0v) is 14.0. The molecule has 3 nitrogen and oxygen atoms in total. The van der Waals surface area contributed by atoms with Gasteiger partial charge in [-0.3, -0.25) is 4.21 Å². The van der Waals surface area contributed by atoms with Gasteiger partial charge >= 0.3 is 0 Å². The molecular weight excluding hydrogens is 282 g/mol. The highest BCUT2D eigenvalue weighted by atomic mass is 32.2. The Morgan fingerprint density at radius 3 is 2.81 bits per heavy atom. The molecule has 0 fully saturated rings. The minimum Gasteiger partial charge on any atom is -0.461 e. The van der Waals surface area contributed by atoms with Gasteiger partial charge < -0.3 is 9.73 Å². The fourth-order valence-electron chi connectivity index (χ4n) is 2.40. The van der Waals surface area contributed by atoms with Crippen molar-refractivity contribution in [3.8, 4) is 0 Å². The van der Waals surface area contributed by atoms with Gasteiger partial charge in [-0.2, -0.15) is 0 Å². The minimum absolute atomic E-state index is 0.169. The van der Waals surface area contributed by atoms with Crippen LogP contribution in [0.15, 0.2) is 28.7 Å². The first-order chi connectivity index (χ1) is 10.1. The first-order valence-electron chi connectivity index (χ1n) is 7.65. The molecule has 0 aliphatic rings. The van der Waals surface area contributed by atoms with E-state index < -0.39 is 10.8 Å². The molecule has 1 heterocycles. The van der Waals surface area contributed by atoms with Gasteiger partial charge in [0.1, 0.15) is 11.3 Å². The average Bonchev–Trinajstić information content (AvgIpc) is 2.83. The molecule has 4 heteroatoms. The Kier molecular flexibility index (Phi) is 6.00. The fourth-order valence-corrected chi connectivity index (χ4v) is 2.75. The van der Waals surface area contributed by atoms with E-state index in [9.17, 15) is 4.21 Å². The third kappa shape index (κ3) is 4.17. The van der Waals surface area contributed by atoms with Crippen molar-refractivity contribution < 1.29 is 8.63 Å². The van der Waals surface area contributed by atoms with E-state index in [1.807, 2.05) is 19.1 Å². The average molecular weight is 307 g/mol. The summed E-state index contributed by atoms with van der Waals surface area (Å²) < 4.78 is 17.4. The smallest absolute Gasteiger partial charge is 0.134 e. The summed E-state index contributed by atoms with van der Waals surface area (Å²) >= 11 is 0. The molecule has 0 aliphatic heterocycles. The second-order valence-electron chi connectivity index (χ2n) is 5.54. The predicted molar refractivity (Wildman–Crippen MR) is 90.1 cm³/mol. The van der Waals surface area contributed by atoms with Gasteiger partial charge in [0.2, 0.25) is 0 Å². The highest BCUT2D eigenvalue weighted by Crippen LogP contribution is 2.27. The van der Waals surface area contributed by atoms with Crippen LogP contribution in [0.5, 0.6) is 0 Å². The highest BCUT2D eigenvalue weighted by Gasteiger charge is 2.14. The van der Waals surface area contributed by atoms with E-state index in [0.717, 1.165) is 43.7 Å². The maximum absolute atomic E-state index is 11.4. The highest BCUT2D eigenvalue weighted by molar-refractivity contribution is 7.84. The maximum atomic E-state index is 11.4. The summed E-state index contributed by atoms with van der Waals surface area (Å²) in [4.78, 5) is 0. The molecule has 2 aromatic rings. The third-order valence-corrected chi connectivity index (χ3v) is 5.14. The van der Waals surface area contributed by atoms with Crippen LogP contribution in [-0.2, 0) is 23.8 Å². The van der Waals surface area contributed by atoms with Gasteiger partial charge in [0.05, 0.1) is 0 Å². The van der Waals surface area contributed by atoms with Crippen molar-refractivity contribution in [3.63, 3.8) is 0 Å². The summed E-state index contributed by atoms with van der Waals surface area (Å²) in [6, 6.07) is 8.20. The van der Waals surface area contributed by atoms with Crippen molar-refractivity contribution in [2.75, 3.05) is 12.8 Å². The van der Waals surface area contributed by atoms with Gasteiger partial charge in [0.15, 0.2) is 0 Å². The third-order valence-electron chi connectivity index (χ3n) is 3.84. The van der Waals surface area contributed by atoms with Crippen molar-refractivity contribution >= 4 is 21.8 Å². The Hall–Kier alpha value is -1.13. The molecule has 0 saturated heterocycles. The molecule has 2 unspecified atom stereocenters. The van der Waals surface area contributed by atoms with Gasteiger partial charge in [-0.25, -0.2) is 0 Å². The summed E-state index contributed by atoms with van der Waals surface area (Å²) in [7, 11) is -0.782. The summed E-state index contributed by atoms with van der Waals surface area (Å²) in [5.74, 6) is 1.09. The van der Waals surface area contributed by atoms with Crippen molar-refractivity contribution in [1.82, 2.24) is 5.32 Å². The Labute approximate surface area is 129 Å². The van der Waals surface area contributed by atoms with Crippen LogP contribution in [0.2, 0.25) is 0 Å². The molecule has 0 amide bonds. The van der Waals surface area contributed by atoms with E-state index in [4.69, 9.17) is 4.42 Å². The van der Waals surface area contributed by atoms with E-state index in [1.54, 1.807) is 6.26 Å². The second-order valence-corrected chi connectivity index (χ2v) is 7.35. The molecule has 0 saturated carbocycles. The van der Waals surface area contributed by atoms with Crippen molar-refractivity contribution in [2.45, 2.75) is 44.9 Å². The zero-order valence-electron chi connectivity index (χ0n) is 13.1. The molecular formula is C17H25NO2S. The van der Waals surface area contributed by atoms with Gasteiger partial charge in [-0.15, -0.1) is 0 Å². The van der Waals surface area contributed by atoms with Gasteiger partial charge in [-0.05, 0) is 19.4 Å². The lowest BCUT2D eigenvalue weighted by Gasteiger charge is -2.10. The second kappa shape index (κ2) is 7.76. The lowest BCUT2D eigenvalue weighted by atomic mass is 10.1. The minimum atomic E-state index is -0.782. The summed E-state index contributed by atoms with van der Waals surface area (Å²) in [6.07, 6.45) is 5.04. The normalized spacial score (nSPS) is 14.4. The van der Waals surface area contributed by atoms with Crippen LogP contribution in [0.4, 0.5) is 0 Å². The van der Waals surface area contributed by atoms with E-state index in [1.165, 1.54) is 10.9 Å². The zero-order chi connectivity index (χ0) is 15.2. The number of nitrogens with one attached hydrogen (secondary N) is 1. The molecule has 1 aromatic carbocycles. The molecule has 116 valence electrons. The molecule has 1 N–H and O–H groups in total. The quantitative estimate of drug-likeness (QED) is 0.809. The summed E-state index contributed by atoms with van der Waals surface area (Å²) in [5.41, 5.74) is 2.22. The topological polar surface area (TPSA) is 42.2 Å². The first kappa shape index (κ1) is 16.2. The standard InChI is InChI=1S/C17H25NO2S/c1-4-5-9-17-15(12-18-11-13(2)21(3)19)14-8-6-7-10-16(14)20-17/h6-8,10,13,18H,4-5,9,11-12H2,1-3H3. The van der Waals surface area contributed by atoms with Crippen LogP contribution in [-0.4, -0.2) is 22.3 Å². The SMILES string of the molecule is CCCCc1oc2ccccc2c1CNCC(C)S(C)=O. The van der Waals surface area contributed by atoms with E-state index in [0.29, 0.717) is 0 Å². The van der Waals surface area contributed by atoms with Crippen LogP contribution in [0.3, 0.4) is 0 Å². The Balaban J connectivity index is 2.13. The number of furan rings is 1.